The third-order valence-electron chi connectivity index (χ3n) is 4.14. The summed E-state index contributed by atoms with van der Waals surface area (Å²) in [4.78, 5) is 0. The van der Waals surface area contributed by atoms with E-state index in [9.17, 15) is 5.11 Å². The van der Waals surface area contributed by atoms with Crippen LogP contribution in [0.25, 0.3) is 0 Å². The topological polar surface area (TPSA) is 50.1 Å². The first kappa shape index (κ1) is 13.6. The van der Waals surface area contributed by atoms with E-state index < -0.39 is 5.60 Å². The standard InChI is InChI=1S/C14H25N3O/c1-3-12-4-7-14(18,8-5-12)11-15-10-13-6-9-17(2)16-13/h6,9,12,15,18H,3-5,7-8,10-11H2,1-2H3. The molecule has 0 aliphatic heterocycles. The van der Waals surface area contributed by atoms with E-state index in [0.717, 1.165) is 43.8 Å². The molecule has 0 unspecified atom stereocenters. The van der Waals surface area contributed by atoms with Crippen molar-refractivity contribution in [1.29, 1.82) is 0 Å². The Balaban J connectivity index is 1.73. The number of nitrogens with zero attached hydrogens (tertiary/aromatic N) is 2. The minimum atomic E-state index is -0.500. The summed E-state index contributed by atoms with van der Waals surface area (Å²) in [6.07, 6.45) is 7.38. The maximum absolute atomic E-state index is 10.5. The molecule has 18 heavy (non-hydrogen) atoms. The molecule has 0 atom stereocenters. The minimum Gasteiger partial charge on any atom is -0.389 e. The lowest BCUT2D eigenvalue weighted by Crippen LogP contribution is -2.43. The van der Waals surface area contributed by atoms with Gasteiger partial charge in [-0.25, -0.2) is 0 Å². The van der Waals surface area contributed by atoms with Crippen molar-refractivity contribution >= 4 is 0 Å². The van der Waals surface area contributed by atoms with Crippen LogP contribution in [-0.2, 0) is 13.6 Å². The summed E-state index contributed by atoms with van der Waals surface area (Å²) in [5, 5.41) is 18.1. The molecule has 2 N–H and O–H groups in total. The number of nitrogens with one attached hydrogen (secondary N) is 1. The summed E-state index contributed by atoms with van der Waals surface area (Å²) in [6.45, 7) is 3.66. The fourth-order valence-corrected chi connectivity index (χ4v) is 2.78. The summed E-state index contributed by atoms with van der Waals surface area (Å²) < 4.78 is 1.80. The average molecular weight is 251 g/mol. The SMILES string of the molecule is CCC1CCC(O)(CNCc2ccn(C)n2)CC1. The second-order valence-corrected chi connectivity index (χ2v) is 5.66. The van der Waals surface area contributed by atoms with Crippen LogP contribution in [-0.4, -0.2) is 27.0 Å². The van der Waals surface area contributed by atoms with Gasteiger partial charge in [0.1, 0.15) is 0 Å². The molecule has 1 fully saturated rings. The first-order valence-corrected chi connectivity index (χ1v) is 7.03. The van der Waals surface area contributed by atoms with Crippen LogP contribution in [0.3, 0.4) is 0 Å². The fraction of sp³-hybridized carbons (Fsp3) is 0.786. The highest BCUT2D eigenvalue weighted by Gasteiger charge is 2.32. The average Bonchev–Trinajstić information content (AvgIpc) is 2.76. The van der Waals surface area contributed by atoms with E-state index >= 15 is 0 Å². The molecule has 1 saturated carbocycles. The highest BCUT2D eigenvalue weighted by molar-refractivity contribution is 4.98. The summed E-state index contributed by atoms with van der Waals surface area (Å²) in [6, 6.07) is 2.00. The van der Waals surface area contributed by atoms with Crippen molar-refractivity contribution in [1.82, 2.24) is 15.1 Å². The largest absolute Gasteiger partial charge is 0.389 e. The zero-order valence-corrected chi connectivity index (χ0v) is 11.5. The highest BCUT2D eigenvalue weighted by Crippen LogP contribution is 2.33. The molecule has 1 aromatic rings. The fourth-order valence-electron chi connectivity index (χ4n) is 2.78. The number of hydrogen-bond donors (Lipinski definition) is 2. The van der Waals surface area contributed by atoms with Crippen molar-refractivity contribution in [2.75, 3.05) is 6.54 Å². The number of aryl methyl sites for hydroxylation is 1. The monoisotopic (exact) mass is 251 g/mol. The van der Waals surface area contributed by atoms with Crippen molar-refractivity contribution in [3.05, 3.63) is 18.0 Å². The maximum Gasteiger partial charge on any atom is 0.0771 e. The molecule has 0 radical (unpaired) electrons. The smallest absolute Gasteiger partial charge is 0.0771 e. The molecule has 1 aliphatic carbocycles. The molecule has 1 heterocycles. The molecule has 0 amide bonds. The number of aromatic nitrogens is 2. The molecule has 102 valence electrons. The van der Waals surface area contributed by atoms with Gasteiger partial charge in [0, 0.05) is 26.3 Å². The lowest BCUT2D eigenvalue weighted by Gasteiger charge is -2.36. The van der Waals surface area contributed by atoms with Crippen molar-refractivity contribution < 1.29 is 5.11 Å². The summed E-state index contributed by atoms with van der Waals surface area (Å²) >= 11 is 0. The Kier molecular flexibility index (Phi) is 4.40. The number of rotatable bonds is 5. The molecule has 4 nitrogen and oxygen atoms in total. The van der Waals surface area contributed by atoms with Crippen molar-refractivity contribution in [2.45, 2.75) is 51.2 Å². The Labute approximate surface area is 109 Å². The van der Waals surface area contributed by atoms with E-state index in [4.69, 9.17) is 0 Å². The van der Waals surface area contributed by atoms with Gasteiger partial charge in [-0.1, -0.05) is 13.3 Å². The van der Waals surface area contributed by atoms with Gasteiger partial charge in [0.15, 0.2) is 0 Å². The molecule has 1 aromatic heterocycles. The van der Waals surface area contributed by atoms with Crippen LogP contribution >= 0.6 is 0 Å². The van der Waals surface area contributed by atoms with Gasteiger partial charge in [0.25, 0.3) is 0 Å². The summed E-state index contributed by atoms with van der Waals surface area (Å²) in [5.41, 5.74) is 0.531. The zero-order chi connectivity index (χ0) is 13.0. The molecule has 0 aromatic carbocycles. The maximum atomic E-state index is 10.5. The Hall–Kier alpha value is -0.870. The van der Waals surface area contributed by atoms with Crippen LogP contribution in [0.4, 0.5) is 0 Å². The van der Waals surface area contributed by atoms with Gasteiger partial charge in [0.05, 0.1) is 11.3 Å². The van der Waals surface area contributed by atoms with Gasteiger partial charge in [-0.15, -0.1) is 0 Å². The Morgan fingerprint density at radius 3 is 2.78 bits per heavy atom. The van der Waals surface area contributed by atoms with Gasteiger partial charge >= 0.3 is 0 Å². The van der Waals surface area contributed by atoms with Crippen LogP contribution in [0.2, 0.25) is 0 Å². The zero-order valence-electron chi connectivity index (χ0n) is 11.5. The molecular weight excluding hydrogens is 226 g/mol. The van der Waals surface area contributed by atoms with Gasteiger partial charge in [-0.3, -0.25) is 4.68 Å². The van der Waals surface area contributed by atoms with Crippen LogP contribution < -0.4 is 5.32 Å². The van der Waals surface area contributed by atoms with Gasteiger partial charge < -0.3 is 10.4 Å². The Bertz CT molecular complexity index is 367. The summed E-state index contributed by atoms with van der Waals surface area (Å²) in [5.74, 6) is 0.820. The third kappa shape index (κ3) is 3.56. The quantitative estimate of drug-likeness (QED) is 0.839. The first-order chi connectivity index (χ1) is 8.61. The second kappa shape index (κ2) is 5.85. The van der Waals surface area contributed by atoms with Gasteiger partial charge in [-0.2, -0.15) is 5.10 Å². The van der Waals surface area contributed by atoms with E-state index in [1.807, 2.05) is 19.3 Å². The van der Waals surface area contributed by atoms with E-state index in [1.165, 1.54) is 6.42 Å². The lowest BCUT2D eigenvalue weighted by atomic mass is 9.78. The third-order valence-corrected chi connectivity index (χ3v) is 4.14. The molecular formula is C14H25N3O. The highest BCUT2D eigenvalue weighted by atomic mass is 16.3. The molecule has 1 aliphatic rings. The van der Waals surface area contributed by atoms with Gasteiger partial charge in [0.2, 0.25) is 0 Å². The molecule has 4 heteroatoms. The van der Waals surface area contributed by atoms with E-state index in [1.54, 1.807) is 4.68 Å². The summed E-state index contributed by atoms with van der Waals surface area (Å²) in [7, 11) is 1.92. The number of hydrogen-bond acceptors (Lipinski definition) is 3. The van der Waals surface area contributed by atoms with Crippen molar-refractivity contribution in [3.63, 3.8) is 0 Å². The molecule has 0 spiro atoms. The van der Waals surface area contributed by atoms with Crippen LogP contribution in [0, 0.1) is 5.92 Å². The van der Waals surface area contributed by atoms with Crippen LogP contribution in [0.15, 0.2) is 12.3 Å². The van der Waals surface area contributed by atoms with Crippen LogP contribution in [0.5, 0.6) is 0 Å². The van der Waals surface area contributed by atoms with E-state index in [-0.39, 0.29) is 0 Å². The normalized spacial score (nSPS) is 28.5. The number of aliphatic hydroxyl groups is 1. The van der Waals surface area contributed by atoms with Gasteiger partial charge in [-0.05, 0) is 37.7 Å². The second-order valence-electron chi connectivity index (χ2n) is 5.66. The Morgan fingerprint density at radius 1 is 1.50 bits per heavy atom. The van der Waals surface area contributed by atoms with Crippen LogP contribution in [0.1, 0.15) is 44.7 Å². The van der Waals surface area contributed by atoms with Crippen molar-refractivity contribution in [2.24, 2.45) is 13.0 Å². The predicted octanol–water partition coefficient (Wildman–Crippen LogP) is 1.84. The van der Waals surface area contributed by atoms with E-state index in [0.29, 0.717) is 6.54 Å². The first-order valence-electron chi connectivity index (χ1n) is 7.03. The minimum absolute atomic E-state index is 0.500. The molecule has 2 rings (SSSR count). The predicted molar refractivity (Wildman–Crippen MR) is 72.1 cm³/mol. The molecule has 0 saturated heterocycles. The molecule has 0 bridgehead atoms. The Morgan fingerprint density at radius 2 is 2.22 bits per heavy atom. The lowest BCUT2D eigenvalue weighted by molar-refractivity contribution is -0.00886. The van der Waals surface area contributed by atoms with Crippen molar-refractivity contribution in [3.8, 4) is 0 Å². The van der Waals surface area contributed by atoms with E-state index in [2.05, 4.69) is 17.3 Å².